The molecule has 1 aliphatic rings. The topological polar surface area (TPSA) is 20.2 Å². The van der Waals surface area contributed by atoms with Crippen molar-refractivity contribution in [3.8, 4) is 0 Å². The van der Waals surface area contributed by atoms with Crippen LogP contribution in [0.4, 0.5) is 0 Å². The molecule has 0 saturated heterocycles. The van der Waals surface area contributed by atoms with Gasteiger partial charge in [-0.05, 0) is 72.6 Å². The minimum atomic E-state index is -0.150. The quantitative estimate of drug-likeness (QED) is 0.624. The van der Waals surface area contributed by atoms with E-state index in [1.165, 1.54) is 47.9 Å². The zero-order valence-electron chi connectivity index (χ0n) is 16.0. The molecule has 2 rings (SSSR count). The van der Waals surface area contributed by atoms with Crippen LogP contribution in [0, 0.1) is 11.8 Å². The van der Waals surface area contributed by atoms with Gasteiger partial charge < -0.3 is 5.11 Å². The van der Waals surface area contributed by atoms with E-state index in [0.29, 0.717) is 0 Å². The second-order valence-electron chi connectivity index (χ2n) is 7.80. The van der Waals surface area contributed by atoms with Crippen molar-refractivity contribution in [2.75, 3.05) is 0 Å². The summed E-state index contributed by atoms with van der Waals surface area (Å²) in [7, 11) is 0. The van der Waals surface area contributed by atoms with Gasteiger partial charge in [0.05, 0.1) is 6.10 Å². The molecule has 24 heavy (non-hydrogen) atoms. The van der Waals surface area contributed by atoms with Gasteiger partial charge in [0, 0.05) is 0 Å². The third-order valence-corrected chi connectivity index (χ3v) is 5.81. The van der Waals surface area contributed by atoms with Gasteiger partial charge in [0.15, 0.2) is 0 Å². The molecule has 3 atom stereocenters. The molecule has 0 aromatic heterocycles. The minimum absolute atomic E-state index is 0.150. The zero-order valence-corrected chi connectivity index (χ0v) is 16.0. The molecule has 1 N–H and O–H groups in total. The Bertz CT molecular complexity index is 531. The van der Waals surface area contributed by atoms with Gasteiger partial charge in [-0.15, -0.1) is 0 Å². The first-order valence-electron chi connectivity index (χ1n) is 10.0. The van der Waals surface area contributed by atoms with Crippen LogP contribution >= 0.6 is 0 Å². The van der Waals surface area contributed by atoms with Crippen molar-refractivity contribution in [3.05, 3.63) is 41.0 Å². The van der Waals surface area contributed by atoms with Gasteiger partial charge in [-0.1, -0.05) is 64.8 Å². The average molecular weight is 329 g/mol. The summed E-state index contributed by atoms with van der Waals surface area (Å²) in [4.78, 5) is 0. The zero-order chi connectivity index (χ0) is 17.5. The lowest BCUT2D eigenvalue weighted by Crippen LogP contribution is -2.20. The number of rotatable bonds is 8. The third-order valence-electron chi connectivity index (χ3n) is 5.81. The van der Waals surface area contributed by atoms with E-state index in [1.54, 1.807) is 0 Å². The normalized spacial score (nSPS) is 22.3. The van der Waals surface area contributed by atoms with Crippen molar-refractivity contribution >= 4 is 6.08 Å². The van der Waals surface area contributed by atoms with E-state index in [2.05, 4.69) is 39.5 Å². The van der Waals surface area contributed by atoms with Crippen molar-refractivity contribution in [3.63, 3.8) is 0 Å². The number of aliphatic hydroxyl groups is 1. The predicted octanol–water partition coefficient (Wildman–Crippen LogP) is 5.96. The van der Waals surface area contributed by atoms with Gasteiger partial charge in [-0.2, -0.15) is 0 Å². The molecule has 1 aliphatic carbocycles. The fourth-order valence-electron chi connectivity index (χ4n) is 4.51. The van der Waals surface area contributed by atoms with Crippen LogP contribution in [0.15, 0.2) is 18.7 Å². The molecule has 0 aliphatic heterocycles. The van der Waals surface area contributed by atoms with Gasteiger partial charge >= 0.3 is 0 Å². The standard InChI is InChI=1S/C23H36O/c1-5-20-14-19(15-21(6-2)23(20)7-3)11-12-22(24)16-18-10-8-9-17(4)13-18/h5,14-15,17-18,22,24H,1,6-13,16H2,2-4H3. The van der Waals surface area contributed by atoms with Crippen LogP contribution in [0.5, 0.6) is 0 Å². The van der Waals surface area contributed by atoms with E-state index in [0.717, 1.165) is 43.9 Å². The van der Waals surface area contributed by atoms with Crippen LogP contribution in [0.1, 0.15) is 81.5 Å². The van der Waals surface area contributed by atoms with Gasteiger partial charge in [0.2, 0.25) is 0 Å². The van der Waals surface area contributed by atoms with Crippen molar-refractivity contribution in [2.45, 2.75) is 84.7 Å². The molecule has 0 amide bonds. The Morgan fingerprint density at radius 2 is 2.04 bits per heavy atom. The number of hydrogen-bond acceptors (Lipinski definition) is 1. The monoisotopic (exact) mass is 328 g/mol. The van der Waals surface area contributed by atoms with E-state index in [1.807, 2.05) is 6.08 Å². The molecule has 134 valence electrons. The van der Waals surface area contributed by atoms with Gasteiger partial charge in [0.25, 0.3) is 0 Å². The summed E-state index contributed by atoms with van der Waals surface area (Å²) < 4.78 is 0. The smallest absolute Gasteiger partial charge is 0.0546 e. The van der Waals surface area contributed by atoms with Gasteiger partial charge in [-0.25, -0.2) is 0 Å². The Morgan fingerprint density at radius 1 is 1.25 bits per heavy atom. The number of aliphatic hydroxyl groups excluding tert-OH is 1. The van der Waals surface area contributed by atoms with Crippen LogP contribution in [-0.4, -0.2) is 11.2 Å². The highest BCUT2D eigenvalue weighted by atomic mass is 16.3. The minimum Gasteiger partial charge on any atom is -0.393 e. The lowest BCUT2D eigenvalue weighted by atomic mass is 9.79. The Balaban J connectivity index is 1.94. The summed E-state index contributed by atoms with van der Waals surface area (Å²) in [5, 5.41) is 10.5. The Morgan fingerprint density at radius 3 is 2.67 bits per heavy atom. The molecule has 3 unspecified atom stereocenters. The lowest BCUT2D eigenvalue weighted by Gasteiger charge is -2.28. The highest BCUT2D eigenvalue weighted by Crippen LogP contribution is 2.32. The maximum Gasteiger partial charge on any atom is 0.0546 e. The van der Waals surface area contributed by atoms with E-state index >= 15 is 0 Å². The Kier molecular flexibility index (Phi) is 7.55. The molecule has 0 bridgehead atoms. The van der Waals surface area contributed by atoms with Crippen molar-refractivity contribution in [2.24, 2.45) is 11.8 Å². The number of hydrogen-bond donors (Lipinski definition) is 1. The van der Waals surface area contributed by atoms with Crippen molar-refractivity contribution in [1.82, 2.24) is 0 Å². The van der Waals surface area contributed by atoms with E-state index in [9.17, 15) is 5.11 Å². The predicted molar refractivity (Wildman–Crippen MR) is 105 cm³/mol. The fourth-order valence-corrected chi connectivity index (χ4v) is 4.51. The Labute approximate surface area is 149 Å². The second-order valence-corrected chi connectivity index (χ2v) is 7.80. The fraction of sp³-hybridized carbons (Fsp3) is 0.652. The Hall–Kier alpha value is -1.08. The first-order valence-corrected chi connectivity index (χ1v) is 10.0. The molecule has 1 nitrogen and oxygen atoms in total. The first kappa shape index (κ1) is 19.2. The number of benzene rings is 1. The summed E-state index contributed by atoms with van der Waals surface area (Å²) in [5.41, 5.74) is 5.52. The van der Waals surface area contributed by atoms with E-state index in [4.69, 9.17) is 0 Å². The highest BCUT2D eigenvalue weighted by Gasteiger charge is 2.21. The van der Waals surface area contributed by atoms with Crippen LogP contribution in [0.25, 0.3) is 6.08 Å². The first-order chi connectivity index (χ1) is 11.6. The molecule has 0 radical (unpaired) electrons. The van der Waals surface area contributed by atoms with Crippen LogP contribution < -0.4 is 0 Å². The molecular formula is C23H36O. The van der Waals surface area contributed by atoms with E-state index < -0.39 is 0 Å². The largest absolute Gasteiger partial charge is 0.393 e. The summed E-state index contributed by atoms with van der Waals surface area (Å²) in [6.07, 6.45) is 12.2. The van der Waals surface area contributed by atoms with Gasteiger partial charge in [-0.3, -0.25) is 0 Å². The average Bonchev–Trinajstić information content (AvgIpc) is 2.58. The van der Waals surface area contributed by atoms with E-state index in [-0.39, 0.29) is 6.10 Å². The van der Waals surface area contributed by atoms with Crippen molar-refractivity contribution in [1.29, 1.82) is 0 Å². The molecule has 1 heteroatoms. The molecule has 0 heterocycles. The lowest BCUT2D eigenvalue weighted by molar-refractivity contribution is 0.114. The maximum absolute atomic E-state index is 10.5. The molecule has 0 spiro atoms. The highest BCUT2D eigenvalue weighted by molar-refractivity contribution is 5.56. The molecule has 1 aromatic carbocycles. The van der Waals surface area contributed by atoms with Crippen LogP contribution in [-0.2, 0) is 19.3 Å². The number of aryl methyl sites for hydroxylation is 2. The van der Waals surface area contributed by atoms with Crippen LogP contribution in [0.3, 0.4) is 0 Å². The van der Waals surface area contributed by atoms with Crippen molar-refractivity contribution < 1.29 is 5.11 Å². The summed E-state index contributed by atoms with van der Waals surface area (Å²) in [5.74, 6) is 1.58. The third kappa shape index (κ3) is 5.21. The molecule has 1 saturated carbocycles. The maximum atomic E-state index is 10.5. The summed E-state index contributed by atoms with van der Waals surface area (Å²) in [6.45, 7) is 10.8. The SMILES string of the molecule is C=Cc1cc(CCC(O)CC2CCCC(C)C2)cc(CC)c1CC. The molecular weight excluding hydrogens is 292 g/mol. The summed E-state index contributed by atoms with van der Waals surface area (Å²) in [6, 6.07) is 4.63. The molecule has 1 aromatic rings. The van der Waals surface area contributed by atoms with Crippen LogP contribution in [0.2, 0.25) is 0 Å². The summed E-state index contributed by atoms with van der Waals surface area (Å²) >= 11 is 0. The molecule has 1 fully saturated rings. The second kappa shape index (κ2) is 9.42. The van der Waals surface area contributed by atoms with Gasteiger partial charge in [0.1, 0.15) is 0 Å².